The summed E-state index contributed by atoms with van der Waals surface area (Å²) in [6.45, 7) is 5.92. The number of hydrogen-bond acceptors (Lipinski definition) is 1. The van der Waals surface area contributed by atoms with Gasteiger partial charge in [0.25, 0.3) is 0 Å². The minimum absolute atomic E-state index is 0.127. The van der Waals surface area contributed by atoms with Gasteiger partial charge < -0.3 is 5.73 Å². The van der Waals surface area contributed by atoms with Crippen molar-refractivity contribution < 1.29 is 4.79 Å². The van der Waals surface area contributed by atoms with Crippen LogP contribution in [0.15, 0.2) is 12.7 Å². The Morgan fingerprint density at radius 1 is 0.900 bits per heavy atom. The zero-order chi connectivity index (χ0) is 15.1. The lowest BCUT2D eigenvalue weighted by molar-refractivity contribution is -0.120. The van der Waals surface area contributed by atoms with Crippen molar-refractivity contribution in [3.8, 4) is 0 Å². The van der Waals surface area contributed by atoms with Crippen LogP contribution in [0.5, 0.6) is 0 Å². The normalized spacial score (nSPS) is 12.2. The molecule has 0 heterocycles. The summed E-state index contributed by atoms with van der Waals surface area (Å²) >= 11 is 0. The van der Waals surface area contributed by atoms with Crippen molar-refractivity contribution in [2.75, 3.05) is 0 Å². The van der Waals surface area contributed by atoms with E-state index < -0.39 is 0 Å². The maximum absolute atomic E-state index is 11.0. The fourth-order valence-corrected chi connectivity index (χ4v) is 2.58. The molecular weight excluding hydrogens is 246 g/mol. The smallest absolute Gasteiger partial charge is 0.224 e. The number of hydrogen-bond donors (Lipinski definition) is 1. The molecule has 20 heavy (non-hydrogen) atoms. The highest BCUT2D eigenvalue weighted by Crippen LogP contribution is 2.14. The number of nitrogens with two attached hydrogens (primary N) is 1. The Labute approximate surface area is 126 Å². The second-order valence-electron chi connectivity index (χ2n) is 5.92. The number of carbonyl (C=O) groups is 1. The van der Waals surface area contributed by atoms with Crippen LogP contribution in [0.4, 0.5) is 0 Å². The van der Waals surface area contributed by atoms with Gasteiger partial charge in [-0.1, -0.05) is 90.0 Å². The third kappa shape index (κ3) is 12.3. The highest BCUT2D eigenvalue weighted by atomic mass is 16.1. The first-order chi connectivity index (χ1) is 9.72. The highest BCUT2D eigenvalue weighted by Gasteiger charge is 2.09. The molecule has 0 bridgehead atoms. The molecule has 2 nitrogen and oxygen atoms in total. The number of carbonyl (C=O) groups excluding carboxylic acids is 1. The summed E-state index contributed by atoms with van der Waals surface area (Å²) in [4.78, 5) is 11.0. The van der Waals surface area contributed by atoms with Crippen LogP contribution >= 0.6 is 0 Å². The van der Waals surface area contributed by atoms with Gasteiger partial charge in [0.05, 0.1) is 5.92 Å². The van der Waals surface area contributed by atoms with Crippen molar-refractivity contribution in [2.45, 2.75) is 90.4 Å². The number of amides is 1. The third-order valence-corrected chi connectivity index (χ3v) is 4.02. The maximum Gasteiger partial charge on any atom is 0.224 e. The van der Waals surface area contributed by atoms with Crippen LogP contribution in [0.3, 0.4) is 0 Å². The highest BCUT2D eigenvalue weighted by molar-refractivity contribution is 5.78. The van der Waals surface area contributed by atoms with Crippen molar-refractivity contribution >= 4 is 5.91 Å². The van der Waals surface area contributed by atoms with Gasteiger partial charge in [-0.3, -0.25) is 4.79 Å². The van der Waals surface area contributed by atoms with Gasteiger partial charge in [0.2, 0.25) is 5.91 Å². The molecule has 0 aromatic carbocycles. The molecule has 0 aliphatic carbocycles. The van der Waals surface area contributed by atoms with Crippen LogP contribution in [0, 0.1) is 5.92 Å². The van der Waals surface area contributed by atoms with Crippen LogP contribution in [-0.2, 0) is 4.79 Å². The lowest BCUT2D eigenvalue weighted by atomic mass is 9.99. The Bertz CT molecular complexity index is 238. The van der Waals surface area contributed by atoms with Crippen LogP contribution in [0.1, 0.15) is 90.4 Å². The Morgan fingerprint density at radius 3 is 1.65 bits per heavy atom. The first-order valence-corrected chi connectivity index (χ1v) is 8.64. The molecule has 0 aliphatic heterocycles. The number of primary amides is 1. The molecule has 2 N–H and O–H groups in total. The second-order valence-corrected chi connectivity index (χ2v) is 5.92. The number of rotatable bonds is 15. The Kier molecular flexibility index (Phi) is 14.0. The van der Waals surface area contributed by atoms with Gasteiger partial charge >= 0.3 is 0 Å². The monoisotopic (exact) mass is 281 g/mol. The van der Waals surface area contributed by atoms with E-state index in [1.807, 2.05) is 0 Å². The third-order valence-electron chi connectivity index (χ3n) is 4.02. The van der Waals surface area contributed by atoms with Crippen molar-refractivity contribution in [3.63, 3.8) is 0 Å². The van der Waals surface area contributed by atoms with Crippen molar-refractivity contribution in [1.82, 2.24) is 0 Å². The Balaban J connectivity index is 3.17. The summed E-state index contributed by atoms with van der Waals surface area (Å²) in [5.74, 6) is -0.360. The number of unbranched alkanes of at least 4 members (excludes halogenated alkanes) is 11. The summed E-state index contributed by atoms with van der Waals surface area (Å²) in [6, 6.07) is 0. The molecule has 118 valence electrons. The van der Waals surface area contributed by atoms with Gasteiger partial charge in [-0.05, 0) is 6.42 Å². The zero-order valence-corrected chi connectivity index (χ0v) is 13.5. The van der Waals surface area contributed by atoms with E-state index in [1.54, 1.807) is 6.08 Å². The predicted molar refractivity (Wildman–Crippen MR) is 88.6 cm³/mol. The first-order valence-electron chi connectivity index (χ1n) is 8.64. The van der Waals surface area contributed by atoms with E-state index in [4.69, 9.17) is 5.73 Å². The molecule has 0 spiro atoms. The summed E-state index contributed by atoms with van der Waals surface area (Å²) in [6.07, 6.45) is 18.6. The van der Waals surface area contributed by atoms with Crippen molar-refractivity contribution in [1.29, 1.82) is 0 Å². The van der Waals surface area contributed by atoms with E-state index in [2.05, 4.69) is 13.5 Å². The van der Waals surface area contributed by atoms with E-state index in [0.29, 0.717) is 0 Å². The Hall–Kier alpha value is -0.790. The molecule has 0 aromatic heterocycles. The second kappa shape index (κ2) is 14.6. The Morgan fingerprint density at radius 2 is 1.30 bits per heavy atom. The van der Waals surface area contributed by atoms with Crippen LogP contribution < -0.4 is 5.73 Å². The van der Waals surface area contributed by atoms with Crippen LogP contribution in [-0.4, -0.2) is 5.91 Å². The average Bonchev–Trinajstić information content (AvgIpc) is 2.43. The molecule has 0 saturated heterocycles. The summed E-state index contributed by atoms with van der Waals surface area (Å²) in [5.41, 5.74) is 5.28. The van der Waals surface area contributed by atoms with Gasteiger partial charge in [-0.25, -0.2) is 0 Å². The quantitative estimate of drug-likeness (QED) is 0.318. The standard InChI is InChI=1S/C18H35NO/c1-3-5-6-7-8-9-10-11-12-13-14-15-16-17(4-2)18(19)20/h4,17H,2-3,5-16H2,1H3,(H2,19,20). The predicted octanol–water partition coefficient (Wildman–Crippen LogP) is 5.37. The minimum atomic E-state index is -0.233. The van der Waals surface area contributed by atoms with E-state index in [0.717, 1.165) is 12.8 Å². The van der Waals surface area contributed by atoms with Gasteiger partial charge in [-0.15, -0.1) is 6.58 Å². The zero-order valence-electron chi connectivity index (χ0n) is 13.5. The fraction of sp³-hybridized carbons (Fsp3) is 0.833. The molecule has 1 atom stereocenters. The van der Waals surface area contributed by atoms with Crippen LogP contribution in [0.25, 0.3) is 0 Å². The SMILES string of the molecule is C=CC(CCCCCCCCCCCCCC)C(N)=O. The molecule has 1 unspecified atom stereocenters. The van der Waals surface area contributed by atoms with Gasteiger partial charge in [0, 0.05) is 0 Å². The van der Waals surface area contributed by atoms with E-state index in [9.17, 15) is 4.79 Å². The largest absolute Gasteiger partial charge is 0.369 e. The van der Waals surface area contributed by atoms with Gasteiger partial charge in [0.1, 0.15) is 0 Å². The van der Waals surface area contributed by atoms with Crippen molar-refractivity contribution in [2.24, 2.45) is 11.7 Å². The van der Waals surface area contributed by atoms with E-state index >= 15 is 0 Å². The molecule has 0 aliphatic rings. The van der Waals surface area contributed by atoms with E-state index in [-0.39, 0.29) is 11.8 Å². The maximum atomic E-state index is 11.0. The van der Waals surface area contributed by atoms with Crippen LogP contribution in [0.2, 0.25) is 0 Å². The molecule has 0 rings (SSSR count). The molecule has 0 radical (unpaired) electrons. The molecule has 1 amide bonds. The van der Waals surface area contributed by atoms with Gasteiger partial charge in [-0.2, -0.15) is 0 Å². The average molecular weight is 281 g/mol. The summed E-state index contributed by atoms with van der Waals surface area (Å²) in [5, 5.41) is 0. The summed E-state index contributed by atoms with van der Waals surface area (Å²) in [7, 11) is 0. The van der Waals surface area contributed by atoms with Crippen molar-refractivity contribution in [3.05, 3.63) is 12.7 Å². The summed E-state index contributed by atoms with van der Waals surface area (Å²) < 4.78 is 0. The minimum Gasteiger partial charge on any atom is -0.369 e. The topological polar surface area (TPSA) is 43.1 Å². The first kappa shape index (κ1) is 19.2. The lowest BCUT2D eigenvalue weighted by Gasteiger charge is -2.07. The molecule has 0 fully saturated rings. The van der Waals surface area contributed by atoms with Gasteiger partial charge in [0.15, 0.2) is 0 Å². The molecule has 0 saturated carbocycles. The molecular formula is C18H35NO. The molecule has 2 heteroatoms. The fourth-order valence-electron chi connectivity index (χ4n) is 2.58. The van der Waals surface area contributed by atoms with E-state index in [1.165, 1.54) is 70.6 Å². The lowest BCUT2D eigenvalue weighted by Crippen LogP contribution is -2.21. The molecule has 0 aromatic rings.